The molecule has 1 saturated heterocycles. The van der Waals surface area contributed by atoms with Crippen LogP contribution in [0.5, 0.6) is 0 Å². The summed E-state index contributed by atoms with van der Waals surface area (Å²) in [4.78, 5) is 12.5. The van der Waals surface area contributed by atoms with Gasteiger partial charge in [-0.3, -0.25) is 0 Å². The van der Waals surface area contributed by atoms with E-state index in [-0.39, 0.29) is 17.4 Å². The largest absolute Gasteiger partial charge is 0.448 e. The fraction of sp³-hybridized carbons (Fsp3) is 0.250. The Hall–Kier alpha value is -2.60. The van der Waals surface area contributed by atoms with Gasteiger partial charge in [-0.05, 0) is 30.2 Å². The summed E-state index contributed by atoms with van der Waals surface area (Å²) in [5, 5.41) is 0. The summed E-state index contributed by atoms with van der Waals surface area (Å²) in [6.07, 6.45) is -0.870. The molecular formula is C20H21NO4S. The van der Waals surface area contributed by atoms with Crippen molar-refractivity contribution in [2.24, 2.45) is 5.92 Å². The minimum absolute atomic E-state index is 0.0556. The first-order valence-electron chi connectivity index (χ1n) is 8.34. The molecule has 0 bridgehead atoms. The molecule has 3 rings (SSSR count). The number of hydrogen-bond acceptors (Lipinski definition) is 4. The van der Waals surface area contributed by atoms with Gasteiger partial charge >= 0.3 is 6.09 Å². The number of sulfonamides is 1. The highest BCUT2D eigenvalue weighted by atomic mass is 32.2. The summed E-state index contributed by atoms with van der Waals surface area (Å²) in [6, 6.07) is 15.0. The number of rotatable bonds is 4. The maximum Gasteiger partial charge on any atom is 0.424 e. The van der Waals surface area contributed by atoms with E-state index in [0.29, 0.717) is 5.57 Å². The van der Waals surface area contributed by atoms with Crippen molar-refractivity contribution < 1.29 is 17.9 Å². The van der Waals surface area contributed by atoms with Crippen LogP contribution in [0.2, 0.25) is 0 Å². The Morgan fingerprint density at radius 2 is 1.73 bits per heavy atom. The second-order valence-corrected chi connectivity index (χ2v) is 8.32. The van der Waals surface area contributed by atoms with Crippen molar-refractivity contribution in [2.45, 2.75) is 24.8 Å². The number of hydrogen-bond donors (Lipinski definition) is 0. The van der Waals surface area contributed by atoms with E-state index < -0.39 is 22.2 Å². The van der Waals surface area contributed by atoms with Crippen LogP contribution in [0.3, 0.4) is 0 Å². The molecule has 0 radical (unpaired) electrons. The number of benzene rings is 2. The van der Waals surface area contributed by atoms with Crippen LogP contribution in [-0.4, -0.2) is 31.5 Å². The maximum atomic E-state index is 13.2. The van der Waals surface area contributed by atoms with E-state index in [1.54, 1.807) is 12.1 Å². The van der Waals surface area contributed by atoms with Crippen LogP contribution in [0.25, 0.3) is 5.57 Å². The Morgan fingerprint density at radius 1 is 1.12 bits per heavy atom. The molecule has 2 aromatic carbocycles. The summed E-state index contributed by atoms with van der Waals surface area (Å²) >= 11 is 0. The Balaban J connectivity index is 2.07. The maximum absolute atomic E-state index is 13.2. The molecule has 1 heterocycles. The molecular weight excluding hydrogens is 350 g/mol. The zero-order chi connectivity index (χ0) is 18.9. The SMILES string of the molecule is C=C(c1ccccc1)[C@H]1[C@@H](C)COC(=O)N1S(=O)(=O)c1ccc(C)cc1. The zero-order valence-electron chi connectivity index (χ0n) is 14.8. The van der Waals surface area contributed by atoms with E-state index in [0.717, 1.165) is 15.4 Å². The molecule has 6 heteroatoms. The molecule has 1 amide bonds. The Kier molecular flexibility index (Phi) is 4.87. The van der Waals surface area contributed by atoms with Crippen molar-refractivity contribution in [2.75, 3.05) is 6.61 Å². The highest BCUT2D eigenvalue weighted by Gasteiger charge is 2.44. The van der Waals surface area contributed by atoms with Crippen molar-refractivity contribution in [3.05, 3.63) is 72.3 Å². The third-order valence-corrected chi connectivity index (χ3v) is 6.28. The van der Waals surface area contributed by atoms with Gasteiger partial charge in [-0.1, -0.05) is 61.5 Å². The Labute approximate surface area is 154 Å². The fourth-order valence-corrected chi connectivity index (χ4v) is 4.67. The van der Waals surface area contributed by atoms with Gasteiger partial charge in [0, 0.05) is 5.92 Å². The molecule has 0 N–H and O–H groups in total. The van der Waals surface area contributed by atoms with Gasteiger partial charge in [0.25, 0.3) is 10.0 Å². The van der Waals surface area contributed by atoms with Crippen LogP contribution < -0.4 is 0 Å². The normalized spacial score (nSPS) is 20.5. The van der Waals surface area contributed by atoms with Crippen molar-refractivity contribution >= 4 is 21.7 Å². The van der Waals surface area contributed by atoms with E-state index in [4.69, 9.17) is 4.74 Å². The highest BCUT2D eigenvalue weighted by Crippen LogP contribution is 2.34. The second kappa shape index (κ2) is 6.96. The van der Waals surface area contributed by atoms with Gasteiger partial charge in [-0.25, -0.2) is 13.2 Å². The van der Waals surface area contributed by atoms with Crippen molar-refractivity contribution in [1.82, 2.24) is 4.31 Å². The first-order valence-corrected chi connectivity index (χ1v) is 9.78. The van der Waals surface area contributed by atoms with Crippen LogP contribution in [0.4, 0.5) is 4.79 Å². The van der Waals surface area contributed by atoms with E-state index in [1.165, 1.54) is 12.1 Å². The predicted molar refractivity (Wildman–Crippen MR) is 100.0 cm³/mol. The van der Waals surface area contributed by atoms with Crippen LogP contribution >= 0.6 is 0 Å². The number of ether oxygens (including phenoxy) is 1. The van der Waals surface area contributed by atoms with Gasteiger partial charge in [0.05, 0.1) is 17.5 Å². The van der Waals surface area contributed by atoms with Crippen molar-refractivity contribution in [3.63, 3.8) is 0 Å². The lowest BCUT2D eigenvalue weighted by atomic mass is 9.90. The van der Waals surface area contributed by atoms with Crippen molar-refractivity contribution in [1.29, 1.82) is 0 Å². The van der Waals surface area contributed by atoms with E-state index >= 15 is 0 Å². The molecule has 26 heavy (non-hydrogen) atoms. The number of carbonyl (C=O) groups excluding carboxylic acids is 1. The topological polar surface area (TPSA) is 63.7 Å². The zero-order valence-corrected chi connectivity index (χ0v) is 15.6. The molecule has 1 aliphatic rings. The van der Waals surface area contributed by atoms with E-state index in [9.17, 15) is 13.2 Å². The van der Waals surface area contributed by atoms with Gasteiger partial charge in [-0.2, -0.15) is 4.31 Å². The lowest BCUT2D eigenvalue weighted by Gasteiger charge is -2.39. The Morgan fingerprint density at radius 3 is 2.35 bits per heavy atom. The highest BCUT2D eigenvalue weighted by molar-refractivity contribution is 7.89. The van der Waals surface area contributed by atoms with Gasteiger partial charge in [0.1, 0.15) is 0 Å². The average molecular weight is 371 g/mol. The molecule has 136 valence electrons. The van der Waals surface area contributed by atoms with Crippen LogP contribution in [0.15, 0.2) is 66.1 Å². The average Bonchev–Trinajstić information content (AvgIpc) is 2.63. The van der Waals surface area contributed by atoms with Crippen LogP contribution in [-0.2, 0) is 14.8 Å². The summed E-state index contributed by atoms with van der Waals surface area (Å²) < 4.78 is 32.3. The lowest BCUT2D eigenvalue weighted by Crippen LogP contribution is -2.53. The summed E-state index contributed by atoms with van der Waals surface area (Å²) in [6.45, 7) is 7.96. The standard InChI is InChI=1S/C20H21NO4S/c1-14-9-11-18(12-10-14)26(23,24)21-19(15(2)13-25-20(21)22)16(3)17-7-5-4-6-8-17/h4-12,15,19H,3,13H2,1-2H3/t15-,19+/m0/s1. The quantitative estimate of drug-likeness (QED) is 0.819. The van der Waals surface area contributed by atoms with Gasteiger partial charge in [-0.15, -0.1) is 0 Å². The first kappa shape index (κ1) is 18.2. The van der Waals surface area contributed by atoms with Gasteiger partial charge < -0.3 is 4.74 Å². The summed E-state index contributed by atoms with van der Waals surface area (Å²) in [5.74, 6) is -0.222. The Bertz CT molecular complexity index is 920. The number of nitrogens with zero attached hydrogens (tertiary/aromatic N) is 1. The lowest BCUT2D eigenvalue weighted by molar-refractivity contribution is 0.0624. The molecule has 5 nitrogen and oxygen atoms in total. The molecule has 0 aromatic heterocycles. The van der Waals surface area contributed by atoms with Crippen LogP contribution in [0, 0.1) is 12.8 Å². The minimum atomic E-state index is -4.07. The molecule has 0 saturated carbocycles. The molecule has 1 fully saturated rings. The molecule has 0 unspecified atom stereocenters. The second-order valence-electron chi connectivity index (χ2n) is 6.50. The van der Waals surface area contributed by atoms with E-state index in [1.807, 2.05) is 44.2 Å². The smallest absolute Gasteiger partial charge is 0.424 e. The fourth-order valence-electron chi connectivity index (χ4n) is 3.08. The monoisotopic (exact) mass is 371 g/mol. The van der Waals surface area contributed by atoms with Crippen molar-refractivity contribution in [3.8, 4) is 0 Å². The molecule has 1 aliphatic heterocycles. The number of carbonyl (C=O) groups is 1. The minimum Gasteiger partial charge on any atom is -0.448 e. The third kappa shape index (κ3) is 3.24. The summed E-state index contributed by atoms with van der Waals surface area (Å²) in [7, 11) is -4.07. The first-order chi connectivity index (χ1) is 12.3. The molecule has 2 aromatic rings. The molecule has 0 spiro atoms. The number of cyclic esters (lactones) is 1. The number of aryl methyl sites for hydroxylation is 1. The number of amides is 1. The predicted octanol–water partition coefficient (Wildman–Crippen LogP) is 3.85. The van der Waals surface area contributed by atoms with E-state index in [2.05, 4.69) is 6.58 Å². The van der Waals surface area contributed by atoms with Gasteiger partial charge in [0.2, 0.25) is 0 Å². The van der Waals surface area contributed by atoms with Crippen LogP contribution in [0.1, 0.15) is 18.1 Å². The molecule has 0 aliphatic carbocycles. The van der Waals surface area contributed by atoms with Gasteiger partial charge in [0.15, 0.2) is 0 Å². The molecule has 2 atom stereocenters. The third-order valence-electron chi connectivity index (χ3n) is 4.52. The summed E-state index contributed by atoms with van der Waals surface area (Å²) in [5.41, 5.74) is 2.30.